The lowest BCUT2D eigenvalue weighted by atomic mass is 9.98. The smallest absolute Gasteiger partial charge is 0.0710 e. The van der Waals surface area contributed by atoms with Gasteiger partial charge in [0.2, 0.25) is 0 Å². The summed E-state index contributed by atoms with van der Waals surface area (Å²) in [5.74, 6) is 1.27. The van der Waals surface area contributed by atoms with E-state index in [0.717, 1.165) is 10.4 Å². The highest BCUT2D eigenvalue weighted by molar-refractivity contribution is 9.10. The molecule has 0 N–H and O–H groups in total. The topological polar surface area (TPSA) is 16.1 Å². The summed E-state index contributed by atoms with van der Waals surface area (Å²) in [4.78, 5) is 7.10. The van der Waals surface area contributed by atoms with Gasteiger partial charge >= 0.3 is 0 Å². The predicted molar refractivity (Wildman–Crippen MR) is 71.3 cm³/mol. The van der Waals surface area contributed by atoms with Crippen LogP contribution in [0.15, 0.2) is 22.8 Å². The second kappa shape index (κ2) is 3.46. The summed E-state index contributed by atoms with van der Waals surface area (Å²) in [7, 11) is 0. The van der Waals surface area contributed by atoms with Gasteiger partial charge in [-0.1, -0.05) is 0 Å². The van der Waals surface area contributed by atoms with Crippen molar-refractivity contribution in [1.82, 2.24) is 9.88 Å². The van der Waals surface area contributed by atoms with Crippen LogP contribution in [-0.2, 0) is 0 Å². The summed E-state index contributed by atoms with van der Waals surface area (Å²) in [5, 5.41) is 0. The Balaban J connectivity index is 1.67. The van der Waals surface area contributed by atoms with Gasteiger partial charge in [-0.3, -0.25) is 9.88 Å². The first kappa shape index (κ1) is 10.8. The number of halogens is 2. The van der Waals surface area contributed by atoms with E-state index in [9.17, 15) is 0 Å². The molecule has 0 radical (unpaired) electrons. The minimum atomic E-state index is -0.0136. The SMILES string of the molecule is ClC12CC3CCN(C3)C1C2c1ccc(Br)cn1. The Morgan fingerprint density at radius 3 is 3.12 bits per heavy atom. The molecule has 90 valence electrons. The molecule has 4 rings (SSSR count). The molecular formula is C13H14BrClN2. The maximum Gasteiger partial charge on any atom is 0.0710 e. The third kappa shape index (κ3) is 1.45. The summed E-state index contributed by atoms with van der Waals surface area (Å²) < 4.78 is 1.04. The van der Waals surface area contributed by atoms with Gasteiger partial charge < -0.3 is 0 Å². The van der Waals surface area contributed by atoms with Crippen LogP contribution in [0, 0.1) is 5.92 Å². The maximum atomic E-state index is 6.82. The number of aromatic nitrogens is 1. The van der Waals surface area contributed by atoms with Crippen LogP contribution in [0.5, 0.6) is 0 Å². The molecule has 3 heterocycles. The van der Waals surface area contributed by atoms with Crippen LogP contribution in [0.1, 0.15) is 24.5 Å². The fourth-order valence-electron chi connectivity index (χ4n) is 3.86. The van der Waals surface area contributed by atoms with Gasteiger partial charge in [-0.05, 0) is 53.4 Å². The Kier molecular flexibility index (Phi) is 2.19. The van der Waals surface area contributed by atoms with Crippen LogP contribution in [-0.4, -0.2) is 33.9 Å². The number of hydrogen-bond donors (Lipinski definition) is 0. The lowest BCUT2D eigenvalue weighted by molar-refractivity contribution is 0.263. The third-order valence-corrected chi connectivity index (χ3v) is 5.68. The van der Waals surface area contributed by atoms with Crippen molar-refractivity contribution in [2.75, 3.05) is 13.1 Å². The molecule has 5 atom stereocenters. The van der Waals surface area contributed by atoms with E-state index in [1.165, 1.54) is 31.6 Å². The zero-order valence-electron chi connectivity index (χ0n) is 9.44. The first-order valence-electron chi connectivity index (χ1n) is 6.23. The summed E-state index contributed by atoms with van der Waals surface area (Å²) >= 11 is 10.3. The molecule has 2 bridgehead atoms. The second-order valence-electron chi connectivity index (χ2n) is 5.60. The van der Waals surface area contributed by atoms with Crippen molar-refractivity contribution in [2.24, 2.45) is 5.92 Å². The quantitative estimate of drug-likeness (QED) is 0.741. The molecule has 1 aromatic rings. The summed E-state index contributed by atoms with van der Waals surface area (Å²) in [6.45, 7) is 2.49. The number of fused-ring (bicyclic) bond motifs is 4. The normalized spacial score (nSPS) is 46.7. The van der Waals surface area contributed by atoms with Gasteiger partial charge in [-0.25, -0.2) is 0 Å². The fraction of sp³-hybridized carbons (Fsp3) is 0.615. The van der Waals surface area contributed by atoms with E-state index in [2.05, 4.69) is 37.9 Å². The summed E-state index contributed by atoms with van der Waals surface area (Å²) in [5.41, 5.74) is 1.17. The molecule has 0 amide bonds. The lowest BCUT2D eigenvalue weighted by Crippen LogP contribution is -2.33. The highest BCUT2D eigenvalue weighted by Crippen LogP contribution is 2.65. The van der Waals surface area contributed by atoms with E-state index in [1.807, 2.05) is 6.20 Å². The molecule has 2 aliphatic heterocycles. The van der Waals surface area contributed by atoms with Crippen molar-refractivity contribution in [1.29, 1.82) is 0 Å². The molecule has 3 fully saturated rings. The van der Waals surface area contributed by atoms with Gasteiger partial charge in [0.15, 0.2) is 0 Å². The molecule has 4 heteroatoms. The Labute approximate surface area is 114 Å². The van der Waals surface area contributed by atoms with Gasteiger partial charge in [0, 0.05) is 34.9 Å². The number of alkyl halides is 1. The van der Waals surface area contributed by atoms with E-state index < -0.39 is 0 Å². The molecular weight excluding hydrogens is 300 g/mol. The number of hydrogen-bond acceptors (Lipinski definition) is 2. The summed E-state index contributed by atoms with van der Waals surface area (Å²) in [6.07, 6.45) is 4.40. The largest absolute Gasteiger partial charge is 0.298 e. The standard InChI is InChI=1S/C13H14BrClN2/c14-9-1-2-10(16-6-9)11-12-13(11,15)5-8-3-4-17(12)7-8/h1-2,6,8,11-12H,3-5,7H2. The number of piperidine rings is 1. The van der Waals surface area contributed by atoms with Crippen molar-refractivity contribution in [3.05, 3.63) is 28.5 Å². The van der Waals surface area contributed by atoms with Crippen molar-refractivity contribution in [3.63, 3.8) is 0 Å². The molecule has 1 aromatic heterocycles. The van der Waals surface area contributed by atoms with Crippen LogP contribution in [0.4, 0.5) is 0 Å². The first-order valence-corrected chi connectivity index (χ1v) is 7.40. The Morgan fingerprint density at radius 1 is 1.47 bits per heavy atom. The van der Waals surface area contributed by atoms with Crippen molar-refractivity contribution >= 4 is 27.5 Å². The van der Waals surface area contributed by atoms with Gasteiger partial charge in [-0.2, -0.15) is 0 Å². The molecule has 1 aliphatic carbocycles. The second-order valence-corrected chi connectivity index (χ2v) is 7.22. The minimum absolute atomic E-state index is 0.0136. The highest BCUT2D eigenvalue weighted by atomic mass is 79.9. The molecule has 0 aromatic carbocycles. The average Bonchev–Trinajstić information content (AvgIpc) is 2.73. The molecule has 0 spiro atoms. The molecule has 2 nitrogen and oxygen atoms in total. The van der Waals surface area contributed by atoms with E-state index in [4.69, 9.17) is 11.6 Å². The van der Waals surface area contributed by atoms with Crippen LogP contribution in [0.2, 0.25) is 0 Å². The van der Waals surface area contributed by atoms with Crippen LogP contribution in [0.3, 0.4) is 0 Å². The van der Waals surface area contributed by atoms with E-state index >= 15 is 0 Å². The molecule has 3 aliphatic rings. The summed E-state index contributed by atoms with van der Waals surface area (Å²) in [6, 6.07) is 4.73. The molecule has 2 saturated heterocycles. The lowest BCUT2D eigenvalue weighted by Gasteiger charge is -2.24. The van der Waals surface area contributed by atoms with Crippen molar-refractivity contribution in [2.45, 2.75) is 29.7 Å². The van der Waals surface area contributed by atoms with Crippen LogP contribution < -0.4 is 0 Å². The van der Waals surface area contributed by atoms with Crippen molar-refractivity contribution < 1.29 is 0 Å². The average molecular weight is 314 g/mol. The third-order valence-electron chi connectivity index (χ3n) is 4.60. The molecule has 17 heavy (non-hydrogen) atoms. The zero-order chi connectivity index (χ0) is 11.6. The van der Waals surface area contributed by atoms with Crippen LogP contribution >= 0.6 is 27.5 Å². The maximum absolute atomic E-state index is 6.82. The van der Waals surface area contributed by atoms with Gasteiger partial charge in [-0.15, -0.1) is 11.6 Å². The minimum Gasteiger partial charge on any atom is -0.298 e. The van der Waals surface area contributed by atoms with Crippen LogP contribution in [0.25, 0.3) is 0 Å². The highest BCUT2D eigenvalue weighted by Gasteiger charge is 2.70. The number of pyridine rings is 1. The van der Waals surface area contributed by atoms with E-state index in [0.29, 0.717) is 12.0 Å². The predicted octanol–water partition coefficient (Wildman–Crippen LogP) is 3.01. The van der Waals surface area contributed by atoms with Crippen molar-refractivity contribution in [3.8, 4) is 0 Å². The van der Waals surface area contributed by atoms with E-state index in [1.54, 1.807) is 0 Å². The number of nitrogens with zero attached hydrogens (tertiary/aromatic N) is 2. The fourth-order valence-corrected chi connectivity index (χ4v) is 4.74. The van der Waals surface area contributed by atoms with Gasteiger partial charge in [0.25, 0.3) is 0 Å². The Bertz CT molecular complexity index is 463. The molecule has 5 unspecified atom stereocenters. The number of rotatable bonds is 1. The molecule has 1 saturated carbocycles. The zero-order valence-corrected chi connectivity index (χ0v) is 11.8. The van der Waals surface area contributed by atoms with Gasteiger partial charge in [0.05, 0.1) is 4.87 Å². The van der Waals surface area contributed by atoms with E-state index in [-0.39, 0.29) is 4.87 Å². The Hall–Kier alpha value is -0.120. The first-order chi connectivity index (χ1) is 8.18. The van der Waals surface area contributed by atoms with Gasteiger partial charge in [0.1, 0.15) is 0 Å². The monoisotopic (exact) mass is 312 g/mol. The Morgan fingerprint density at radius 2 is 2.35 bits per heavy atom.